The van der Waals surface area contributed by atoms with Gasteiger partial charge in [-0.05, 0) is 35.8 Å². The first-order valence-electron chi connectivity index (χ1n) is 6.51. The number of carbonyl (C=O) groups excluding carboxylic acids is 1. The van der Waals surface area contributed by atoms with Crippen LogP contribution in [-0.2, 0) is 0 Å². The molecule has 0 aliphatic carbocycles. The minimum atomic E-state index is -2.01. The highest BCUT2D eigenvalue weighted by Crippen LogP contribution is 2.38. The molecule has 1 rings (SSSR count). The standard InChI is InChI=1S/C14H21N3O2Si/c1-14(2,3)20(4,5)19-13-9-7-6-8-11(13)12(18)10-16-17-15/h6-9H,10H2,1-5H3. The van der Waals surface area contributed by atoms with E-state index in [-0.39, 0.29) is 17.4 Å². The van der Waals surface area contributed by atoms with Crippen molar-refractivity contribution >= 4 is 14.1 Å². The molecular formula is C14H21N3O2Si. The number of Topliss-reactive ketones (excluding diaryl/α,β-unsaturated/α-hetero) is 1. The molecule has 0 unspecified atom stereocenters. The Bertz CT molecular complexity index is 544. The first-order valence-corrected chi connectivity index (χ1v) is 9.42. The predicted molar refractivity (Wildman–Crippen MR) is 82.6 cm³/mol. The number of hydrogen-bond acceptors (Lipinski definition) is 3. The topological polar surface area (TPSA) is 75.1 Å². The summed E-state index contributed by atoms with van der Waals surface area (Å²) >= 11 is 0. The molecule has 0 bridgehead atoms. The average Bonchev–Trinajstić information content (AvgIpc) is 2.34. The molecule has 6 heteroatoms. The van der Waals surface area contributed by atoms with Crippen LogP contribution in [0.3, 0.4) is 0 Å². The number of nitrogens with zero attached hydrogens (tertiary/aromatic N) is 3. The van der Waals surface area contributed by atoms with E-state index in [0.717, 1.165) is 0 Å². The highest BCUT2D eigenvalue weighted by atomic mass is 28.4. The second-order valence-electron chi connectivity index (χ2n) is 6.17. The second-order valence-corrected chi connectivity index (χ2v) is 10.9. The Hall–Kier alpha value is -1.78. The van der Waals surface area contributed by atoms with Crippen LogP contribution in [0.5, 0.6) is 5.75 Å². The third-order valence-electron chi connectivity index (χ3n) is 3.64. The fraction of sp³-hybridized carbons (Fsp3) is 0.500. The number of hydrogen-bond donors (Lipinski definition) is 0. The molecule has 0 aromatic heterocycles. The molecule has 0 spiro atoms. The normalized spacial score (nSPS) is 11.7. The molecule has 0 aliphatic heterocycles. The maximum Gasteiger partial charge on any atom is 0.250 e. The SMILES string of the molecule is CC(C)(C)[Si](C)(C)Oc1ccccc1C(=O)CN=[N+]=[N-]. The van der Waals surface area contributed by atoms with E-state index in [1.165, 1.54) is 0 Å². The Labute approximate surface area is 120 Å². The lowest BCUT2D eigenvalue weighted by molar-refractivity contribution is 0.1000. The van der Waals surface area contributed by atoms with Crippen molar-refractivity contribution < 1.29 is 9.22 Å². The second kappa shape index (κ2) is 6.11. The smallest absolute Gasteiger partial charge is 0.250 e. The molecule has 0 fully saturated rings. The molecular weight excluding hydrogens is 270 g/mol. The van der Waals surface area contributed by atoms with E-state index in [1.54, 1.807) is 18.2 Å². The summed E-state index contributed by atoms with van der Waals surface area (Å²) in [6.45, 7) is 10.5. The van der Waals surface area contributed by atoms with Crippen LogP contribution in [0.1, 0.15) is 31.1 Å². The molecule has 1 aromatic rings. The van der Waals surface area contributed by atoms with Crippen molar-refractivity contribution in [3.63, 3.8) is 0 Å². The molecule has 5 nitrogen and oxygen atoms in total. The Morgan fingerprint density at radius 2 is 1.95 bits per heavy atom. The van der Waals surface area contributed by atoms with E-state index < -0.39 is 8.32 Å². The van der Waals surface area contributed by atoms with Crippen LogP contribution in [0.15, 0.2) is 29.4 Å². The number of ketones is 1. The molecule has 0 aliphatic rings. The summed E-state index contributed by atoms with van der Waals surface area (Å²) < 4.78 is 6.18. The van der Waals surface area contributed by atoms with E-state index in [2.05, 4.69) is 43.9 Å². The van der Waals surface area contributed by atoms with Gasteiger partial charge in [-0.3, -0.25) is 4.79 Å². The number of benzene rings is 1. The highest BCUT2D eigenvalue weighted by Gasteiger charge is 2.39. The number of para-hydroxylation sites is 1. The number of azide groups is 1. The molecule has 0 saturated heterocycles. The quantitative estimate of drug-likeness (QED) is 0.262. The molecule has 20 heavy (non-hydrogen) atoms. The zero-order valence-corrected chi connectivity index (χ0v) is 13.7. The van der Waals surface area contributed by atoms with Gasteiger partial charge in [-0.15, -0.1) is 0 Å². The van der Waals surface area contributed by atoms with Crippen molar-refractivity contribution in [3.8, 4) is 5.75 Å². The van der Waals surface area contributed by atoms with Crippen LogP contribution in [0, 0.1) is 0 Å². The van der Waals surface area contributed by atoms with Crippen molar-refractivity contribution in [2.24, 2.45) is 5.11 Å². The summed E-state index contributed by atoms with van der Waals surface area (Å²) in [5.41, 5.74) is 8.78. The van der Waals surface area contributed by atoms with Gasteiger partial charge in [-0.1, -0.05) is 38.0 Å². The van der Waals surface area contributed by atoms with Gasteiger partial charge in [0.25, 0.3) is 8.32 Å². The molecule has 108 valence electrons. The van der Waals surface area contributed by atoms with E-state index in [0.29, 0.717) is 11.3 Å². The maximum atomic E-state index is 12.0. The van der Waals surface area contributed by atoms with E-state index >= 15 is 0 Å². The largest absolute Gasteiger partial charge is 0.543 e. The van der Waals surface area contributed by atoms with Gasteiger partial charge < -0.3 is 4.43 Å². The molecule has 0 amide bonds. The third kappa shape index (κ3) is 3.85. The molecule has 0 N–H and O–H groups in total. The molecule has 0 heterocycles. The third-order valence-corrected chi connectivity index (χ3v) is 7.98. The van der Waals surface area contributed by atoms with Crippen molar-refractivity contribution in [2.45, 2.75) is 38.9 Å². The van der Waals surface area contributed by atoms with Crippen LogP contribution >= 0.6 is 0 Å². The number of carbonyl (C=O) groups is 1. The van der Waals surface area contributed by atoms with Gasteiger partial charge in [0.2, 0.25) is 0 Å². The van der Waals surface area contributed by atoms with Crippen molar-refractivity contribution in [1.82, 2.24) is 0 Å². The fourth-order valence-electron chi connectivity index (χ4n) is 1.40. The Balaban J connectivity index is 3.08. The summed E-state index contributed by atoms with van der Waals surface area (Å²) in [7, 11) is -2.01. The maximum absolute atomic E-state index is 12.0. The summed E-state index contributed by atoms with van der Waals surface area (Å²) in [5.74, 6) is 0.356. The van der Waals surface area contributed by atoms with Crippen LogP contribution in [0.2, 0.25) is 18.1 Å². The fourth-order valence-corrected chi connectivity index (χ4v) is 2.43. The average molecular weight is 291 g/mol. The van der Waals surface area contributed by atoms with Gasteiger partial charge in [0.15, 0.2) is 5.78 Å². The predicted octanol–water partition coefficient (Wildman–Crippen LogP) is 4.56. The molecule has 0 saturated carbocycles. The zero-order valence-electron chi connectivity index (χ0n) is 12.7. The van der Waals surface area contributed by atoms with E-state index in [4.69, 9.17) is 9.96 Å². The van der Waals surface area contributed by atoms with Gasteiger partial charge in [-0.2, -0.15) is 0 Å². The van der Waals surface area contributed by atoms with Crippen LogP contribution < -0.4 is 4.43 Å². The van der Waals surface area contributed by atoms with Gasteiger partial charge in [-0.25, -0.2) is 0 Å². The lowest BCUT2D eigenvalue weighted by Crippen LogP contribution is -2.44. The summed E-state index contributed by atoms with van der Waals surface area (Å²) in [6.07, 6.45) is 0. The van der Waals surface area contributed by atoms with Crippen LogP contribution in [-0.4, -0.2) is 20.6 Å². The Kier molecular flexibility index (Phi) is 4.97. The Morgan fingerprint density at radius 1 is 1.35 bits per heavy atom. The van der Waals surface area contributed by atoms with Crippen LogP contribution in [0.4, 0.5) is 0 Å². The zero-order chi connectivity index (χ0) is 15.4. The molecule has 0 atom stereocenters. The number of rotatable bonds is 5. The Morgan fingerprint density at radius 3 is 2.50 bits per heavy atom. The minimum absolute atomic E-state index is 0.0496. The monoisotopic (exact) mass is 291 g/mol. The lowest BCUT2D eigenvalue weighted by Gasteiger charge is -2.36. The summed E-state index contributed by atoms with van der Waals surface area (Å²) in [5, 5.41) is 3.37. The van der Waals surface area contributed by atoms with Gasteiger partial charge in [0, 0.05) is 4.91 Å². The first-order chi connectivity index (χ1) is 9.19. The minimum Gasteiger partial charge on any atom is -0.543 e. The van der Waals surface area contributed by atoms with E-state index in [1.807, 2.05) is 6.07 Å². The summed E-state index contributed by atoms with van der Waals surface area (Å²) in [6, 6.07) is 7.12. The van der Waals surface area contributed by atoms with E-state index in [9.17, 15) is 4.79 Å². The van der Waals surface area contributed by atoms with Crippen molar-refractivity contribution in [2.75, 3.05) is 6.54 Å². The van der Waals surface area contributed by atoms with Crippen LogP contribution in [0.25, 0.3) is 10.4 Å². The lowest BCUT2D eigenvalue weighted by atomic mass is 10.1. The molecule has 1 aromatic carbocycles. The molecule has 0 radical (unpaired) electrons. The van der Waals surface area contributed by atoms with Crippen molar-refractivity contribution in [1.29, 1.82) is 0 Å². The highest BCUT2D eigenvalue weighted by molar-refractivity contribution is 6.74. The van der Waals surface area contributed by atoms with Gasteiger partial charge in [0.05, 0.1) is 12.1 Å². The summed E-state index contributed by atoms with van der Waals surface area (Å²) in [4.78, 5) is 14.6. The van der Waals surface area contributed by atoms with Gasteiger partial charge >= 0.3 is 0 Å². The van der Waals surface area contributed by atoms with Crippen molar-refractivity contribution in [3.05, 3.63) is 40.3 Å². The van der Waals surface area contributed by atoms with Gasteiger partial charge in [0.1, 0.15) is 5.75 Å². The first kappa shape index (κ1) is 16.3.